The third kappa shape index (κ3) is 7.73. The third-order valence-electron chi connectivity index (χ3n) is 7.00. The fraction of sp³-hybridized carbons (Fsp3) is 0.105. The van der Waals surface area contributed by atoms with Crippen molar-refractivity contribution < 1.29 is 20.1 Å². The summed E-state index contributed by atoms with van der Waals surface area (Å²) in [6.07, 6.45) is 4.65. The molecule has 3 heteroatoms. The average molecular weight is 709 g/mol. The van der Waals surface area contributed by atoms with Crippen LogP contribution in [0.4, 0.5) is 0 Å². The number of nitrogens with zero attached hydrogens (tertiary/aromatic N) is 2. The topological polar surface area (TPSA) is 25.8 Å². The van der Waals surface area contributed by atoms with Gasteiger partial charge in [0.15, 0.2) is 0 Å². The normalized spacial score (nSPS) is 10.6. The van der Waals surface area contributed by atoms with Crippen LogP contribution in [0.5, 0.6) is 0 Å². The molecule has 0 aliphatic heterocycles. The molecule has 0 fully saturated rings. The van der Waals surface area contributed by atoms with Crippen molar-refractivity contribution in [1.29, 1.82) is 0 Å². The molecule has 2 heterocycles. The molecule has 0 saturated carbocycles. The van der Waals surface area contributed by atoms with Gasteiger partial charge in [0, 0.05) is 37.9 Å². The van der Waals surface area contributed by atoms with Crippen molar-refractivity contribution in [3.63, 3.8) is 0 Å². The second-order valence-corrected chi connectivity index (χ2v) is 10.2. The van der Waals surface area contributed by atoms with E-state index in [0.29, 0.717) is 0 Å². The summed E-state index contributed by atoms with van der Waals surface area (Å²) in [7, 11) is 0. The van der Waals surface area contributed by atoms with Gasteiger partial charge in [-0.05, 0) is 46.6 Å². The first-order valence-electron chi connectivity index (χ1n) is 13.6. The molecule has 1 radical (unpaired) electrons. The predicted octanol–water partition coefficient (Wildman–Crippen LogP) is 9.01. The SMILES string of the molecule is CC(C)(c1ccccc1)c1cccnc1-c1[c-]cccc1.[Ir].[c-]1ccccc1-c1cc(Cc2ccccc2)ccn1. The van der Waals surface area contributed by atoms with Crippen LogP contribution in [0.25, 0.3) is 22.5 Å². The zero-order valence-corrected chi connectivity index (χ0v) is 25.7. The first-order chi connectivity index (χ1) is 19.6. The van der Waals surface area contributed by atoms with Crippen molar-refractivity contribution in [2.45, 2.75) is 25.7 Å². The van der Waals surface area contributed by atoms with E-state index in [9.17, 15) is 0 Å². The van der Waals surface area contributed by atoms with E-state index in [0.717, 1.165) is 28.9 Å². The second kappa shape index (κ2) is 14.5. The second-order valence-electron chi connectivity index (χ2n) is 10.2. The minimum absolute atomic E-state index is 0. The Morgan fingerprint density at radius 2 is 1.22 bits per heavy atom. The van der Waals surface area contributed by atoms with Gasteiger partial charge in [0.05, 0.1) is 0 Å². The van der Waals surface area contributed by atoms with Gasteiger partial charge < -0.3 is 9.97 Å². The smallest absolute Gasteiger partial charge is 0.0163 e. The number of benzene rings is 4. The van der Waals surface area contributed by atoms with Crippen LogP contribution in [-0.4, -0.2) is 9.97 Å². The van der Waals surface area contributed by atoms with Crippen molar-refractivity contribution in [1.82, 2.24) is 9.97 Å². The third-order valence-corrected chi connectivity index (χ3v) is 7.00. The Bertz CT molecular complexity index is 1620. The van der Waals surface area contributed by atoms with Crippen molar-refractivity contribution in [3.8, 4) is 22.5 Å². The first kappa shape index (κ1) is 29.8. The van der Waals surface area contributed by atoms with Gasteiger partial charge in [-0.2, -0.15) is 0 Å². The molecule has 0 spiro atoms. The quantitative estimate of drug-likeness (QED) is 0.162. The fourth-order valence-electron chi connectivity index (χ4n) is 4.79. The molecule has 41 heavy (non-hydrogen) atoms. The Balaban J connectivity index is 0.000000185. The zero-order valence-electron chi connectivity index (χ0n) is 23.3. The maximum Gasteiger partial charge on any atom is 0.0163 e. The van der Waals surface area contributed by atoms with Crippen LogP contribution in [0.1, 0.15) is 36.1 Å². The van der Waals surface area contributed by atoms with Crippen molar-refractivity contribution >= 4 is 0 Å². The Kier molecular flexibility index (Phi) is 10.5. The molecule has 0 unspecified atom stereocenters. The van der Waals surface area contributed by atoms with Crippen LogP contribution >= 0.6 is 0 Å². The molecular weight excluding hydrogens is 677 g/mol. The molecule has 0 aliphatic rings. The summed E-state index contributed by atoms with van der Waals surface area (Å²) in [5.41, 5.74) is 9.06. The van der Waals surface area contributed by atoms with E-state index in [1.165, 1.54) is 22.3 Å². The summed E-state index contributed by atoms with van der Waals surface area (Å²) >= 11 is 0. The van der Waals surface area contributed by atoms with Gasteiger partial charge in [-0.25, -0.2) is 0 Å². The maximum atomic E-state index is 4.61. The molecule has 0 aliphatic carbocycles. The molecule has 0 N–H and O–H groups in total. The minimum Gasteiger partial charge on any atom is -0.305 e. The molecule has 2 nitrogen and oxygen atoms in total. The van der Waals surface area contributed by atoms with E-state index < -0.39 is 0 Å². The summed E-state index contributed by atoms with van der Waals surface area (Å²) in [4.78, 5) is 9.03. The molecule has 205 valence electrons. The van der Waals surface area contributed by atoms with Gasteiger partial charge in [0.1, 0.15) is 0 Å². The van der Waals surface area contributed by atoms with E-state index >= 15 is 0 Å². The minimum atomic E-state index is -0.103. The largest absolute Gasteiger partial charge is 0.305 e. The van der Waals surface area contributed by atoms with Crippen LogP contribution < -0.4 is 0 Å². The van der Waals surface area contributed by atoms with Gasteiger partial charge in [-0.3, -0.25) is 0 Å². The average Bonchev–Trinajstić information content (AvgIpc) is 3.03. The van der Waals surface area contributed by atoms with E-state index in [1.807, 2.05) is 67.0 Å². The summed E-state index contributed by atoms with van der Waals surface area (Å²) < 4.78 is 0. The number of pyridine rings is 2. The van der Waals surface area contributed by atoms with Crippen LogP contribution in [-0.2, 0) is 31.9 Å². The van der Waals surface area contributed by atoms with Gasteiger partial charge in [0.25, 0.3) is 0 Å². The van der Waals surface area contributed by atoms with E-state index in [2.05, 4.69) is 115 Å². The zero-order chi connectivity index (χ0) is 27.6. The Morgan fingerprint density at radius 3 is 1.88 bits per heavy atom. The van der Waals surface area contributed by atoms with Crippen LogP contribution in [0.15, 0.2) is 146 Å². The number of hydrogen-bond acceptors (Lipinski definition) is 2. The van der Waals surface area contributed by atoms with Crippen LogP contribution in [0, 0.1) is 12.1 Å². The summed E-state index contributed by atoms with van der Waals surface area (Å²) in [5, 5.41) is 0. The van der Waals surface area contributed by atoms with Gasteiger partial charge >= 0.3 is 0 Å². The summed E-state index contributed by atoms with van der Waals surface area (Å²) in [6.45, 7) is 4.48. The molecule has 0 saturated heterocycles. The van der Waals surface area contributed by atoms with Gasteiger partial charge in [-0.1, -0.05) is 92.2 Å². The van der Waals surface area contributed by atoms with Crippen LogP contribution in [0.3, 0.4) is 0 Å². The van der Waals surface area contributed by atoms with E-state index in [1.54, 1.807) is 0 Å². The Labute approximate surface area is 257 Å². The van der Waals surface area contributed by atoms with Gasteiger partial charge in [0.2, 0.25) is 0 Å². The molecule has 6 rings (SSSR count). The molecule has 2 aromatic heterocycles. The van der Waals surface area contributed by atoms with Crippen molar-refractivity contribution in [2.24, 2.45) is 0 Å². The van der Waals surface area contributed by atoms with Gasteiger partial charge in [-0.15, -0.1) is 71.8 Å². The summed E-state index contributed by atoms with van der Waals surface area (Å²) in [5.74, 6) is 0. The molecular formula is C38H32IrN2-2. The maximum absolute atomic E-state index is 4.61. The van der Waals surface area contributed by atoms with Crippen LogP contribution in [0.2, 0.25) is 0 Å². The number of rotatable bonds is 6. The van der Waals surface area contributed by atoms with Crippen molar-refractivity contribution in [3.05, 3.63) is 180 Å². The molecule has 0 bridgehead atoms. The number of hydrogen-bond donors (Lipinski definition) is 0. The Morgan fingerprint density at radius 1 is 0.585 bits per heavy atom. The molecule has 4 aromatic carbocycles. The predicted molar refractivity (Wildman–Crippen MR) is 165 cm³/mol. The molecule has 0 atom stereocenters. The monoisotopic (exact) mass is 709 g/mol. The van der Waals surface area contributed by atoms with E-state index in [-0.39, 0.29) is 25.5 Å². The first-order valence-corrected chi connectivity index (χ1v) is 13.6. The molecule has 0 amide bonds. The fourth-order valence-corrected chi connectivity index (χ4v) is 4.79. The van der Waals surface area contributed by atoms with Crippen molar-refractivity contribution in [2.75, 3.05) is 0 Å². The summed E-state index contributed by atoms with van der Waals surface area (Å²) in [6, 6.07) is 51.9. The van der Waals surface area contributed by atoms with E-state index in [4.69, 9.17) is 0 Å². The molecule has 6 aromatic rings. The number of aromatic nitrogens is 2. The standard InChI is InChI=1S/C20H18N.C18H14N.Ir/c1-20(2,17-12-7-4-8-13-17)18-14-9-15-21-19(18)16-10-5-3-6-11-16;1-3-7-15(8-4-1)13-16-11-12-19-18(14-16)17-9-5-2-6-10-17;/h3-10,12-15H,1-2H3;1-9,11-12,14H,13H2;/q2*-1;. The Hall–Kier alpha value is -4.17.